The molecule has 3 amide bonds. The van der Waals surface area contributed by atoms with Gasteiger partial charge in [0, 0.05) is 57.3 Å². The molecule has 0 radical (unpaired) electrons. The number of nitrogens with zero attached hydrogens (tertiary/aromatic N) is 7. The van der Waals surface area contributed by atoms with E-state index in [2.05, 4.69) is 35.3 Å². The van der Waals surface area contributed by atoms with Gasteiger partial charge < -0.3 is 23.8 Å². The van der Waals surface area contributed by atoms with Crippen LogP contribution in [0.5, 0.6) is 5.75 Å². The number of benzene rings is 3. The Kier molecular flexibility index (Phi) is 9.88. The Morgan fingerprint density at radius 1 is 0.984 bits per heavy atom. The van der Waals surface area contributed by atoms with Crippen LogP contribution >= 0.6 is 0 Å². The number of nitrogens with one attached hydrogen (secondary N) is 1. The summed E-state index contributed by atoms with van der Waals surface area (Å²) in [6.45, 7) is 9.74. The monoisotopic (exact) mass is 858 g/mol. The summed E-state index contributed by atoms with van der Waals surface area (Å²) in [5.41, 5.74) is 4.02. The number of aromatic nitrogens is 5. The molecule has 15 nitrogen and oxygen atoms in total. The first kappa shape index (κ1) is 40.5. The van der Waals surface area contributed by atoms with Crippen molar-refractivity contribution in [3.8, 4) is 11.4 Å². The maximum atomic E-state index is 15.3. The van der Waals surface area contributed by atoms with Crippen LogP contribution in [0, 0.1) is 25.6 Å². The lowest BCUT2D eigenvalue weighted by Crippen LogP contribution is -2.45. The second-order valence-corrected chi connectivity index (χ2v) is 17.5. The molecule has 3 aromatic heterocycles. The Morgan fingerprint density at radius 2 is 1.71 bits per heavy atom. The zero-order chi connectivity index (χ0) is 43.9. The van der Waals surface area contributed by atoms with Crippen LogP contribution in [0.1, 0.15) is 96.3 Å². The van der Waals surface area contributed by atoms with Crippen molar-refractivity contribution in [1.29, 1.82) is 0 Å². The lowest BCUT2D eigenvalue weighted by molar-refractivity contribution is 0.0658. The molecule has 3 aromatic carbocycles. The summed E-state index contributed by atoms with van der Waals surface area (Å²) in [5.74, 6) is 0.175. The number of fused-ring (bicyclic) bond motifs is 2. The van der Waals surface area contributed by atoms with Crippen LogP contribution in [0.2, 0.25) is 0 Å². The van der Waals surface area contributed by atoms with E-state index < -0.39 is 17.3 Å². The molecule has 328 valence electrons. The van der Waals surface area contributed by atoms with E-state index >= 15 is 9.18 Å². The first-order valence-corrected chi connectivity index (χ1v) is 21.6. The highest BCUT2D eigenvalue weighted by Gasteiger charge is 2.59. The number of urea groups is 1. The van der Waals surface area contributed by atoms with Gasteiger partial charge in [-0.15, -0.1) is 0 Å². The van der Waals surface area contributed by atoms with Crippen LogP contribution in [0.25, 0.3) is 16.6 Å². The summed E-state index contributed by atoms with van der Waals surface area (Å²) in [4.78, 5) is 69.7. The lowest BCUT2D eigenvalue weighted by Gasteiger charge is -2.36. The quantitative estimate of drug-likeness (QED) is 0.166. The molecule has 63 heavy (non-hydrogen) atoms. The van der Waals surface area contributed by atoms with Gasteiger partial charge in [-0.2, -0.15) is 0 Å². The third kappa shape index (κ3) is 6.64. The number of hydrogen-bond acceptors (Lipinski definition) is 9. The minimum absolute atomic E-state index is 0. The fourth-order valence-corrected chi connectivity index (χ4v) is 10.1. The third-order valence-electron chi connectivity index (χ3n) is 13.7. The minimum atomic E-state index is -0.839. The third-order valence-corrected chi connectivity index (χ3v) is 13.7. The van der Waals surface area contributed by atoms with Crippen LogP contribution in [-0.4, -0.2) is 86.0 Å². The molecule has 3 fully saturated rings. The largest absolute Gasteiger partial charge is 0.497 e. The maximum absolute atomic E-state index is 15.3. The number of halogens is 1. The fraction of sp³-hybridized carbons (Fsp3) is 0.404. The molecule has 6 heterocycles. The molecule has 1 saturated carbocycles. The van der Waals surface area contributed by atoms with Gasteiger partial charge in [0.1, 0.15) is 22.8 Å². The predicted octanol–water partition coefficient (Wildman–Crippen LogP) is 6.75. The highest BCUT2D eigenvalue weighted by atomic mass is 19.1. The number of ether oxygens (including phenoxy) is 2. The molecule has 10 rings (SSSR count). The zero-order valence-corrected chi connectivity index (χ0v) is 35.9. The van der Waals surface area contributed by atoms with Crippen molar-refractivity contribution < 1.29 is 29.4 Å². The second-order valence-electron chi connectivity index (χ2n) is 17.5. The van der Waals surface area contributed by atoms with Gasteiger partial charge in [-0.25, -0.2) is 23.5 Å². The zero-order valence-electron chi connectivity index (χ0n) is 35.9. The highest BCUT2D eigenvalue weighted by Crippen LogP contribution is 2.56. The number of H-pyrrole nitrogens is 1. The lowest BCUT2D eigenvalue weighted by atomic mass is 9.91. The number of hydrogen-bond donors (Lipinski definition) is 1. The number of carbonyl (C=O) groups excluding carboxylic acids is 2. The molecule has 3 atom stereocenters. The van der Waals surface area contributed by atoms with Gasteiger partial charge >= 0.3 is 11.8 Å². The van der Waals surface area contributed by atoms with Gasteiger partial charge in [-0.05, 0) is 123 Å². The van der Waals surface area contributed by atoms with E-state index in [0.717, 1.165) is 29.3 Å². The van der Waals surface area contributed by atoms with Crippen LogP contribution in [0.15, 0.2) is 74.8 Å². The van der Waals surface area contributed by atoms with Crippen molar-refractivity contribution in [1.82, 2.24) is 34.1 Å². The van der Waals surface area contributed by atoms with E-state index in [-0.39, 0.29) is 56.1 Å². The minimum Gasteiger partial charge on any atom is -0.497 e. The van der Waals surface area contributed by atoms with E-state index in [0.29, 0.717) is 84.0 Å². The summed E-state index contributed by atoms with van der Waals surface area (Å²) >= 11 is 0. The molecular weight excluding hydrogens is 808 g/mol. The molecule has 0 bridgehead atoms. The molecule has 4 aliphatic rings. The van der Waals surface area contributed by atoms with Gasteiger partial charge in [-0.1, -0.05) is 30.3 Å². The summed E-state index contributed by atoms with van der Waals surface area (Å²) < 4.78 is 34.4. The predicted molar refractivity (Wildman–Crippen MR) is 233 cm³/mol. The standard InChI is InChI=1S/C47H49FN8O7.H2/c1-26-20-34(21-27(2)39(26)48)55-41(57)36-12-15-53(29(4)40(36)49-44(55)54-17-16-52(46(54)60)25-30-6-9-35(61-5)10-7-30)42(58)38-23-33-22-32(31-13-18-62-19-14-31)8-11-37(33)56(38)47(24-28(47)3)43-50-45(59)63-51-43;/h6-11,20-23,28-29,31H,12-19,24-25H2,1-5H3,(H,50,51,59);1H/t28-,29-,47-;/m0./s1. The molecule has 2 saturated heterocycles. The van der Waals surface area contributed by atoms with Gasteiger partial charge in [-0.3, -0.25) is 24.0 Å². The summed E-state index contributed by atoms with van der Waals surface area (Å²) in [7, 11) is 1.60. The fourth-order valence-electron chi connectivity index (χ4n) is 10.1. The smallest absolute Gasteiger partial charge is 0.438 e. The van der Waals surface area contributed by atoms with Gasteiger partial charge in [0.15, 0.2) is 5.82 Å². The molecule has 6 aromatic rings. The number of methoxy groups -OCH3 is 1. The van der Waals surface area contributed by atoms with E-state index in [1.807, 2.05) is 41.8 Å². The summed E-state index contributed by atoms with van der Waals surface area (Å²) in [5, 5.41) is 5.03. The van der Waals surface area contributed by atoms with Gasteiger partial charge in [0.05, 0.1) is 24.5 Å². The molecule has 3 aliphatic heterocycles. The molecular formula is C47H51FN8O7. The Hall–Kier alpha value is -6.55. The average molecular weight is 859 g/mol. The maximum Gasteiger partial charge on any atom is 0.438 e. The Labute approximate surface area is 363 Å². The average Bonchev–Trinajstić information content (AvgIpc) is 3.58. The van der Waals surface area contributed by atoms with Gasteiger partial charge in [0.2, 0.25) is 5.95 Å². The van der Waals surface area contributed by atoms with Crippen molar-refractivity contribution in [2.75, 3.05) is 44.9 Å². The van der Waals surface area contributed by atoms with Crippen LogP contribution in [-0.2, 0) is 23.2 Å². The first-order chi connectivity index (χ1) is 30.4. The van der Waals surface area contributed by atoms with E-state index in [9.17, 15) is 14.4 Å². The number of aromatic amines is 1. The Bertz CT molecular complexity index is 2910. The van der Waals surface area contributed by atoms with E-state index in [1.54, 1.807) is 42.9 Å². The highest BCUT2D eigenvalue weighted by molar-refractivity contribution is 6.00. The van der Waals surface area contributed by atoms with Crippen molar-refractivity contribution in [3.05, 3.63) is 132 Å². The number of carbonyl (C=O) groups is 2. The van der Waals surface area contributed by atoms with Gasteiger partial charge in [0.25, 0.3) is 11.5 Å². The summed E-state index contributed by atoms with van der Waals surface area (Å²) in [6.07, 6.45) is 2.63. The SMILES string of the molecule is COc1ccc(CN2CCN(c3nc4c(c(=O)n3-c3cc(C)c(F)c(C)c3)CCN(C(=O)c3cc5cc(C6CCOCC6)ccc5n3[C@@]3(c5noc(=O)[nH]5)C[C@@H]3C)[C@H]4C)C2=O)cc1.[HH]. The number of rotatable bonds is 9. The number of aryl methyl sites for hydroxylation is 2. The molecule has 0 unspecified atom stereocenters. The van der Waals surface area contributed by atoms with Crippen molar-refractivity contribution in [2.24, 2.45) is 5.92 Å². The number of amides is 3. The van der Waals surface area contributed by atoms with Crippen LogP contribution < -0.4 is 21.0 Å². The first-order valence-electron chi connectivity index (χ1n) is 21.6. The second kappa shape index (κ2) is 15.4. The van der Waals surface area contributed by atoms with E-state index in [1.165, 1.54) is 15.0 Å². The number of anilines is 1. The molecule has 16 heteroatoms. The van der Waals surface area contributed by atoms with Crippen LogP contribution in [0.3, 0.4) is 0 Å². The Balaban J connectivity index is 0.00000518. The normalized spacial score (nSPS) is 21.4. The van der Waals surface area contributed by atoms with Crippen LogP contribution in [0.4, 0.5) is 15.1 Å². The van der Waals surface area contributed by atoms with E-state index in [4.69, 9.17) is 19.0 Å². The molecule has 1 N–H and O–H groups in total. The molecule has 0 spiro atoms. The topological polar surface area (TPSA) is 161 Å². The summed E-state index contributed by atoms with van der Waals surface area (Å²) in [6, 6.07) is 17.9. The molecule has 1 aliphatic carbocycles. The van der Waals surface area contributed by atoms with Crippen molar-refractivity contribution >= 4 is 28.8 Å². The Morgan fingerprint density at radius 3 is 2.38 bits per heavy atom. The van der Waals surface area contributed by atoms with Crippen molar-refractivity contribution in [3.63, 3.8) is 0 Å². The van der Waals surface area contributed by atoms with Crippen molar-refractivity contribution in [2.45, 2.75) is 77.4 Å².